The van der Waals surface area contributed by atoms with Crippen LogP contribution in [-0.2, 0) is 27.1 Å². The molecule has 0 spiro atoms. The van der Waals surface area contributed by atoms with Crippen molar-refractivity contribution in [2.75, 3.05) is 0 Å². The average Bonchev–Trinajstić information content (AvgIpc) is 3.92. The number of para-hydroxylation sites is 1. The van der Waals surface area contributed by atoms with Gasteiger partial charge < -0.3 is 4.74 Å². The Morgan fingerprint density at radius 3 is 1.70 bits per heavy atom. The van der Waals surface area contributed by atoms with Crippen LogP contribution in [0.15, 0.2) is 164 Å². The van der Waals surface area contributed by atoms with Gasteiger partial charge in [-0.25, -0.2) is 4.98 Å². The number of pyridine rings is 1. The monoisotopic (exact) mass is 883 g/mol. The number of hydrogen-bond acceptors (Lipinski definition) is 2. The maximum absolute atomic E-state index is 7.29. The van der Waals surface area contributed by atoms with E-state index in [0.29, 0.717) is 0 Å². The number of benzene rings is 6. The fourth-order valence-corrected chi connectivity index (χ4v) is 9.41. The molecule has 0 aliphatic carbocycles. The predicted molar refractivity (Wildman–Crippen MR) is 278 cm³/mol. The SMILES string of the molecule is CC(C)(C)c1cc(-[n+]2[c-]n(-c3cc(Oc4cc(C(C)(C)c5ccccc5)c5c6ccccc6n(-c6cc(C(C)(C)C)ccn6)c5c4)cc(C(C)(C)c4ccccc4)c3)cc2)cc(C(C)(C)C)c1. The molecule has 0 saturated heterocycles. The van der Waals surface area contributed by atoms with Gasteiger partial charge in [-0.3, -0.25) is 13.7 Å². The Hall–Kier alpha value is -6.72. The fraction of sp³-hybridized carbons (Fsp3) is 0.290. The first-order valence-electron chi connectivity index (χ1n) is 23.8. The van der Waals surface area contributed by atoms with Crippen molar-refractivity contribution in [2.24, 2.45) is 0 Å². The van der Waals surface area contributed by atoms with Crippen LogP contribution in [-0.4, -0.2) is 14.1 Å². The van der Waals surface area contributed by atoms with Gasteiger partial charge in [-0.1, -0.05) is 175 Å². The van der Waals surface area contributed by atoms with Crippen LogP contribution >= 0.6 is 0 Å². The average molecular weight is 883 g/mol. The Balaban J connectivity index is 1.25. The summed E-state index contributed by atoms with van der Waals surface area (Å²) in [6.45, 7) is 29.7. The minimum atomic E-state index is -0.387. The van der Waals surface area contributed by atoms with Crippen LogP contribution in [0.5, 0.6) is 11.5 Å². The van der Waals surface area contributed by atoms with E-state index < -0.39 is 0 Å². The fourth-order valence-electron chi connectivity index (χ4n) is 9.41. The maximum atomic E-state index is 7.29. The standard InChI is InChI=1S/C62H66N4O/c1-58(2,3)44-28-29-63-56(37-44)66-54-27-21-20-26-52(54)57-53(62(12,13)43-24-18-15-19-25-43)39-51(40-55(57)66)67-50-36-47(61(10,11)42-22-16-14-17-23-42)35-49(38-50)65-31-30-64(41-65)48-33-45(59(4,5)6)32-46(34-48)60(7,8)9/h14-40H,1-13H3. The summed E-state index contributed by atoms with van der Waals surface area (Å²) in [5.41, 5.74) is 12.0. The van der Waals surface area contributed by atoms with Crippen LogP contribution in [0.2, 0.25) is 0 Å². The lowest BCUT2D eigenvalue weighted by molar-refractivity contribution is -0.599. The van der Waals surface area contributed by atoms with Crippen molar-refractivity contribution in [1.29, 1.82) is 0 Å². The number of fused-ring (bicyclic) bond motifs is 3. The molecule has 0 fully saturated rings. The summed E-state index contributed by atoms with van der Waals surface area (Å²) in [6.07, 6.45) is 9.86. The van der Waals surface area contributed by atoms with Crippen LogP contribution in [0.4, 0.5) is 0 Å². The minimum absolute atomic E-state index is 0.0107. The summed E-state index contributed by atoms with van der Waals surface area (Å²) >= 11 is 0. The van der Waals surface area contributed by atoms with E-state index in [-0.39, 0.29) is 27.1 Å². The van der Waals surface area contributed by atoms with Crippen molar-refractivity contribution < 1.29 is 9.30 Å². The van der Waals surface area contributed by atoms with E-state index in [2.05, 4.69) is 268 Å². The molecule has 0 radical (unpaired) electrons. The second-order valence-corrected chi connectivity index (χ2v) is 22.6. The molecular weight excluding hydrogens is 817 g/mol. The van der Waals surface area contributed by atoms with Gasteiger partial charge in [-0.15, -0.1) is 0 Å². The number of hydrogen-bond donors (Lipinski definition) is 0. The van der Waals surface area contributed by atoms with Gasteiger partial charge in [0.1, 0.15) is 17.3 Å². The zero-order chi connectivity index (χ0) is 47.7. The van der Waals surface area contributed by atoms with Crippen molar-refractivity contribution >= 4 is 21.8 Å². The highest BCUT2D eigenvalue weighted by Crippen LogP contribution is 2.45. The summed E-state index contributed by atoms with van der Waals surface area (Å²) in [4.78, 5) is 5.04. The van der Waals surface area contributed by atoms with Gasteiger partial charge in [0, 0.05) is 46.3 Å². The quantitative estimate of drug-likeness (QED) is 0.107. The number of rotatable bonds is 9. The highest BCUT2D eigenvalue weighted by Gasteiger charge is 2.31. The topological polar surface area (TPSA) is 35.9 Å². The Morgan fingerprint density at radius 2 is 1.07 bits per heavy atom. The van der Waals surface area contributed by atoms with Crippen LogP contribution in [0.25, 0.3) is 39.0 Å². The van der Waals surface area contributed by atoms with Crippen molar-refractivity contribution in [1.82, 2.24) is 14.1 Å². The number of aromatic nitrogens is 4. The summed E-state index contributed by atoms with van der Waals surface area (Å²) in [7, 11) is 0. The first kappa shape index (κ1) is 45.4. The van der Waals surface area contributed by atoms with Crippen LogP contribution in [0.3, 0.4) is 0 Å². The second-order valence-electron chi connectivity index (χ2n) is 22.6. The van der Waals surface area contributed by atoms with Gasteiger partial charge in [0.2, 0.25) is 0 Å². The Morgan fingerprint density at radius 1 is 0.493 bits per heavy atom. The van der Waals surface area contributed by atoms with E-state index in [0.717, 1.165) is 45.3 Å². The Labute approximate surface area is 398 Å². The highest BCUT2D eigenvalue weighted by atomic mass is 16.5. The van der Waals surface area contributed by atoms with Crippen molar-refractivity contribution in [2.45, 2.75) is 117 Å². The second kappa shape index (κ2) is 16.6. The molecule has 340 valence electrons. The predicted octanol–water partition coefficient (Wildman–Crippen LogP) is 15.4. The largest absolute Gasteiger partial charge is 0.458 e. The van der Waals surface area contributed by atoms with Gasteiger partial charge in [-0.05, 0) is 110 Å². The number of imidazole rings is 1. The van der Waals surface area contributed by atoms with Crippen molar-refractivity contribution in [3.63, 3.8) is 0 Å². The van der Waals surface area contributed by atoms with Crippen LogP contribution < -0.4 is 9.30 Å². The Bertz CT molecular complexity index is 3220. The molecule has 67 heavy (non-hydrogen) atoms. The summed E-state index contributed by atoms with van der Waals surface area (Å²) < 4.78 is 13.8. The normalized spacial score (nSPS) is 12.9. The van der Waals surface area contributed by atoms with Crippen molar-refractivity contribution in [3.8, 4) is 28.7 Å². The third kappa shape index (κ3) is 8.73. The number of ether oxygens (including phenoxy) is 1. The summed E-state index contributed by atoms with van der Waals surface area (Å²) in [6, 6.07) is 52.8. The van der Waals surface area contributed by atoms with E-state index >= 15 is 0 Å². The highest BCUT2D eigenvalue weighted by molar-refractivity contribution is 6.11. The lowest BCUT2D eigenvalue weighted by Crippen LogP contribution is -2.30. The van der Waals surface area contributed by atoms with Gasteiger partial charge in [-0.2, -0.15) is 0 Å². The molecule has 9 rings (SSSR count). The zero-order valence-electron chi connectivity index (χ0n) is 41.8. The van der Waals surface area contributed by atoms with E-state index in [1.165, 1.54) is 44.2 Å². The van der Waals surface area contributed by atoms with Crippen LogP contribution in [0.1, 0.15) is 129 Å². The maximum Gasteiger partial charge on any atom is 0.268 e. The smallest absolute Gasteiger partial charge is 0.268 e. The molecule has 0 aliphatic rings. The lowest BCUT2D eigenvalue weighted by Gasteiger charge is -2.29. The molecule has 0 saturated carbocycles. The molecule has 3 aromatic heterocycles. The zero-order valence-corrected chi connectivity index (χ0v) is 41.8. The molecule has 0 unspecified atom stereocenters. The van der Waals surface area contributed by atoms with E-state index in [1.54, 1.807) is 0 Å². The van der Waals surface area contributed by atoms with E-state index in [4.69, 9.17) is 9.72 Å². The van der Waals surface area contributed by atoms with E-state index in [1.807, 2.05) is 6.20 Å². The van der Waals surface area contributed by atoms with Gasteiger partial charge in [0.25, 0.3) is 6.33 Å². The molecular formula is C62H66N4O. The van der Waals surface area contributed by atoms with Gasteiger partial charge >= 0.3 is 0 Å². The summed E-state index contributed by atoms with van der Waals surface area (Å²) in [5, 5.41) is 2.37. The summed E-state index contributed by atoms with van der Waals surface area (Å²) in [5.74, 6) is 2.38. The third-order valence-electron chi connectivity index (χ3n) is 13.9. The third-order valence-corrected chi connectivity index (χ3v) is 13.9. The molecule has 0 N–H and O–H groups in total. The van der Waals surface area contributed by atoms with E-state index in [9.17, 15) is 0 Å². The molecule has 0 aliphatic heterocycles. The molecule has 0 bridgehead atoms. The molecule has 0 atom stereocenters. The molecule has 3 heterocycles. The molecule has 5 nitrogen and oxygen atoms in total. The molecule has 0 amide bonds. The van der Waals surface area contributed by atoms with Gasteiger partial charge in [0.15, 0.2) is 0 Å². The molecule has 9 aromatic rings. The molecule has 6 aromatic carbocycles. The first-order chi connectivity index (χ1) is 31.6. The van der Waals surface area contributed by atoms with Crippen molar-refractivity contribution in [3.05, 3.63) is 209 Å². The van der Waals surface area contributed by atoms with Crippen LogP contribution in [0, 0.1) is 6.33 Å². The Kier molecular flexibility index (Phi) is 11.2. The molecule has 5 heteroatoms. The minimum Gasteiger partial charge on any atom is -0.458 e. The number of nitrogens with zero attached hydrogens (tertiary/aromatic N) is 4. The van der Waals surface area contributed by atoms with Gasteiger partial charge in [0.05, 0.1) is 22.4 Å². The first-order valence-corrected chi connectivity index (χ1v) is 23.8. The lowest BCUT2D eigenvalue weighted by atomic mass is 9.76.